The minimum Gasteiger partial charge on any atom is -0.325 e. The molecule has 1 saturated heterocycles. The van der Waals surface area contributed by atoms with Gasteiger partial charge in [-0.1, -0.05) is 65.3 Å². The van der Waals surface area contributed by atoms with Crippen LogP contribution in [-0.2, 0) is 22.3 Å². The molecule has 0 spiro atoms. The van der Waals surface area contributed by atoms with E-state index in [2.05, 4.69) is 10.3 Å². The van der Waals surface area contributed by atoms with E-state index in [-0.39, 0.29) is 29.6 Å². The fraction of sp³-hybridized carbons (Fsp3) is 0.160. The van der Waals surface area contributed by atoms with Crippen LogP contribution < -0.4 is 5.32 Å². The zero-order valence-electron chi connectivity index (χ0n) is 18.4. The van der Waals surface area contributed by atoms with Gasteiger partial charge in [-0.3, -0.25) is 14.5 Å². The number of nitrogens with zero attached hydrogens (tertiary/aromatic N) is 2. The van der Waals surface area contributed by atoms with Gasteiger partial charge in [-0.2, -0.15) is 13.2 Å². The maximum absolute atomic E-state index is 13.3. The van der Waals surface area contributed by atoms with Crippen LogP contribution in [0.3, 0.4) is 0 Å². The molecule has 11 heteroatoms. The molecule has 2 amide bonds. The van der Waals surface area contributed by atoms with Crippen LogP contribution in [0.4, 0.5) is 24.5 Å². The third-order valence-electron chi connectivity index (χ3n) is 5.19. The summed E-state index contributed by atoms with van der Waals surface area (Å²) in [5, 5.41) is 2.51. The number of rotatable bonds is 6. The van der Waals surface area contributed by atoms with Crippen LogP contribution in [-0.4, -0.2) is 27.1 Å². The molecule has 3 aromatic carbocycles. The minimum absolute atomic E-state index is 0.0440. The number of aliphatic imine (C=N–C) groups is 1. The van der Waals surface area contributed by atoms with Gasteiger partial charge in [-0.05, 0) is 48.0 Å². The number of thioether (sulfide) groups is 1. The topological polar surface area (TPSA) is 61.8 Å². The molecule has 1 aliphatic heterocycles. The highest BCUT2D eigenvalue weighted by atomic mass is 35.5. The molecule has 5 nitrogen and oxygen atoms in total. The lowest BCUT2D eigenvalue weighted by Crippen LogP contribution is -2.33. The Labute approximate surface area is 219 Å². The zero-order valence-corrected chi connectivity index (χ0v) is 20.8. The van der Waals surface area contributed by atoms with Crippen molar-refractivity contribution in [3.63, 3.8) is 0 Å². The number of carbonyl (C=O) groups is 2. The predicted octanol–water partition coefficient (Wildman–Crippen LogP) is 7.17. The molecule has 0 unspecified atom stereocenters. The first-order valence-corrected chi connectivity index (χ1v) is 12.3. The molecule has 186 valence electrons. The largest absolute Gasteiger partial charge is 0.416 e. The Kier molecular flexibility index (Phi) is 7.92. The van der Waals surface area contributed by atoms with E-state index >= 15 is 0 Å². The molecule has 0 aromatic heterocycles. The van der Waals surface area contributed by atoms with E-state index in [1.54, 1.807) is 36.4 Å². The summed E-state index contributed by atoms with van der Waals surface area (Å²) < 4.78 is 39.2. The Morgan fingerprint density at radius 2 is 1.72 bits per heavy atom. The highest BCUT2D eigenvalue weighted by Crippen LogP contribution is 2.35. The van der Waals surface area contributed by atoms with Gasteiger partial charge in [0.1, 0.15) is 5.25 Å². The number of hydrogen-bond acceptors (Lipinski definition) is 4. The lowest BCUT2D eigenvalue weighted by Gasteiger charge is -2.17. The molecule has 0 radical (unpaired) electrons. The second-order valence-corrected chi connectivity index (χ2v) is 9.85. The number of nitrogens with one attached hydrogen (secondary N) is 1. The molecule has 4 rings (SSSR count). The quantitative estimate of drug-likeness (QED) is 0.353. The lowest BCUT2D eigenvalue weighted by atomic mass is 10.1. The van der Waals surface area contributed by atoms with Crippen LogP contribution in [0.1, 0.15) is 17.5 Å². The SMILES string of the molecule is O=C(C[C@H]1SC(=Nc2ccccc2)N(Cc2ccc(Cl)cc2)C1=O)Nc1cc(C(F)(F)F)ccc1Cl. The second kappa shape index (κ2) is 10.9. The predicted molar refractivity (Wildman–Crippen MR) is 137 cm³/mol. The van der Waals surface area contributed by atoms with Crippen molar-refractivity contribution in [2.75, 3.05) is 5.32 Å². The number of halogens is 5. The van der Waals surface area contributed by atoms with Gasteiger partial charge in [0.05, 0.1) is 28.5 Å². The fourth-order valence-corrected chi connectivity index (χ4v) is 4.87. The van der Waals surface area contributed by atoms with Crippen LogP contribution in [0, 0.1) is 0 Å². The van der Waals surface area contributed by atoms with Crippen LogP contribution in [0.5, 0.6) is 0 Å². The summed E-state index contributed by atoms with van der Waals surface area (Å²) in [6.45, 7) is 0.215. The monoisotopic (exact) mass is 551 g/mol. The highest BCUT2D eigenvalue weighted by Gasteiger charge is 2.39. The average Bonchev–Trinajstić information content (AvgIpc) is 3.10. The van der Waals surface area contributed by atoms with E-state index in [0.29, 0.717) is 15.9 Å². The van der Waals surface area contributed by atoms with E-state index < -0.39 is 22.9 Å². The van der Waals surface area contributed by atoms with Gasteiger partial charge < -0.3 is 5.32 Å². The summed E-state index contributed by atoms with van der Waals surface area (Å²) in [5.41, 5.74) is 0.327. The van der Waals surface area contributed by atoms with E-state index in [0.717, 1.165) is 35.5 Å². The Hall–Kier alpha value is -3.01. The van der Waals surface area contributed by atoms with Crippen molar-refractivity contribution >= 4 is 63.3 Å². The van der Waals surface area contributed by atoms with Gasteiger partial charge in [0, 0.05) is 11.4 Å². The lowest BCUT2D eigenvalue weighted by molar-refractivity contribution is -0.137. The molecule has 0 bridgehead atoms. The molecule has 1 aliphatic rings. The zero-order chi connectivity index (χ0) is 25.9. The standard InChI is InChI=1S/C25H18Cl2F3N3O2S/c26-17-9-6-15(7-10-17)14-33-23(35)21(36-24(33)31-18-4-2-1-3-5-18)13-22(34)32-20-12-16(25(28,29)30)8-11-19(20)27/h1-12,21H,13-14H2,(H,32,34)/t21-/m1/s1. The van der Waals surface area contributed by atoms with Crippen molar-refractivity contribution in [3.8, 4) is 0 Å². The van der Waals surface area contributed by atoms with E-state index in [1.165, 1.54) is 4.90 Å². The molecule has 3 aromatic rings. The molecule has 36 heavy (non-hydrogen) atoms. The van der Waals surface area contributed by atoms with Crippen molar-refractivity contribution in [3.05, 3.63) is 94.0 Å². The van der Waals surface area contributed by atoms with Crippen molar-refractivity contribution in [1.82, 2.24) is 4.90 Å². The Balaban J connectivity index is 1.54. The molecular weight excluding hydrogens is 534 g/mol. The van der Waals surface area contributed by atoms with E-state index in [4.69, 9.17) is 23.2 Å². The van der Waals surface area contributed by atoms with Crippen molar-refractivity contribution in [2.24, 2.45) is 4.99 Å². The summed E-state index contributed by atoms with van der Waals surface area (Å²) in [6, 6.07) is 18.7. The summed E-state index contributed by atoms with van der Waals surface area (Å²) in [6.07, 6.45) is -4.87. The van der Waals surface area contributed by atoms with Crippen LogP contribution in [0.15, 0.2) is 77.8 Å². The van der Waals surface area contributed by atoms with Gasteiger partial charge in [0.25, 0.3) is 0 Å². The maximum Gasteiger partial charge on any atom is 0.416 e. The summed E-state index contributed by atoms with van der Waals surface area (Å²) in [7, 11) is 0. The highest BCUT2D eigenvalue weighted by molar-refractivity contribution is 8.15. The Morgan fingerprint density at radius 1 is 1.03 bits per heavy atom. The number of anilines is 1. The van der Waals surface area contributed by atoms with Gasteiger partial charge in [0.2, 0.25) is 11.8 Å². The van der Waals surface area contributed by atoms with E-state index in [1.807, 2.05) is 18.2 Å². The third kappa shape index (κ3) is 6.40. The third-order valence-corrected chi connectivity index (χ3v) is 6.95. The summed E-state index contributed by atoms with van der Waals surface area (Å²) in [5.74, 6) is -0.982. The number of benzene rings is 3. The smallest absolute Gasteiger partial charge is 0.325 e. The van der Waals surface area contributed by atoms with Crippen LogP contribution in [0.2, 0.25) is 10.0 Å². The van der Waals surface area contributed by atoms with Crippen LogP contribution >= 0.6 is 35.0 Å². The maximum atomic E-state index is 13.3. The van der Waals surface area contributed by atoms with Crippen LogP contribution in [0.25, 0.3) is 0 Å². The molecule has 1 N–H and O–H groups in total. The molecule has 1 atom stereocenters. The van der Waals surface area contributed by atoms with Gasteiger partial charge in [0.15, 0.2) is 5.17 Å². The first-order valence-electron chi connectivity index (χ1n) is 10.6. The number of para-hydroxylation sites is 1. The minimum atomic E-state index is -4.59. The molecular formula is C25H18Cl2F3N3O2S. The molecule has 1 heterocycles. The second-order valence-electron chi connectivity index (χ2n) is 7.83. The Morgan fingerprint density at radius 3 is 2.39 bits per heavy atom. The first kappa shape index (κ1) is 26.1. The molecule has 0 saturated carbocycles. The number of alkyl halides is 3. The van der Waals surface area contributed by atoms with Gasteiger partial charge >= 0.3 is 6.18 Å². The summed E-state index contributed by atoms with van der Waals surface area (Å²) >= 11 is 13.1. The summed E-state index contributed by atoms with van der Waals surface area (Å²) in [4.78, 5) is 32.0. The number of amides is 2. The van der Waals surface area contributed by atoms with Gasteiger partial charge in [-0.25, -0.2) is 4.99 Å². The number of amidine groups is 1. The van der Waals surface area contributed by atoms with Gasteiger partial charge in [-0.15, -0.1) is 0 Å². The Bertz CT molecular complexity index is 1300. The molecule has 0 aliphatic carbocycles. The van der Waals surface area contributed by atoms with Crippen molar-refractivity contribution in [1.29, 1.82) is 0 Å². The van der Waals surface area contributed by atoms with Crippen molar-refractivity contribution in [2.45, 2.75) is 24.4 Å². The molecule has 1 fully saturated rings. The van der Waals surface area contributed by atoms with E-state index in [9.17, 15) is 22.8 Å². The normalized spacial score (nSPS) is 17.0. The number of hydrogen-bond donors (Lipinski definition) is 1. The van der Waals surface area contributed by atoms with Crippen molar-refractivity contribution < 1.29 is 22.8 Å². The average molecular weight is 552 g/mol. The first-order chi connectivity index (χ1) is 17.1. The number of carbonyl (C=O) groups excluding carboxylic acids is 2. The fourth-order valence-electron chi connectivity index (χ4n) is 3.42.